The normalized spacial score (nSPS) is 11.5. The van der Waals surface area contributed by atoms with Crippen molar-refractivity contribution >= 4 is 99.1 Å². The number of imidazole rings is 1. The van der Waals surface area contributed by atoms with Gasteiger partial charge in [-0.1, -0.05) is 95.9 Å². The van der Waals surface area contributed by atoms with Crippen LogP contribution in [0.3, 0.4) is 0 Å². The lowest BCUT2D eigenvalue weighted by Crippen LogP contribution is -2.55. The zero-order chi connectivity index (χ0) is 31.5. The molecule has 2 heterocycles. The van der Waals surface area contributed by atoms with Gasteiger partial charge in [-0.15, -0.1) is 16.4 Å². The molecule has 0 spiro atoms. The van der Waals surface area contributed by atoms with Crippen molar-refractivity contribution < 1.29 is 0 Å². The minimum absolute atomic E-state index is 0.990. The van der Waals surface area contributed by atoms with Gasteiger partial charge in [0.1, 0.15) is 45.1 Å². The van der Waals surface area contributed by atoms with Crippen molar-refractivity contribution in [3.63, 3.8) is 0 Å². The Hall–Kier alpha value is -5.22. The largest absolute Gasteiger partial charge is 0.291 e. The highest BCUT2D eigenvalue weighted by Crippen LogP contribution is 2.43. The average molecular weight is 583 g/mol. The topological polar surface area (TPSA) is 30.7 Å². The van der Waals surface area contributed by atoms with Crippen molar-refractivity contribution in [1.82, 2.24) is 14.5 Å². The summed E-state index contributed by atoms with van der Waals surface area (Å²) in [6, 6.07) is 39.2. The van der Waals surface area contributed by atoms with E-state index in [1.807, 2.05) is 18.5 Å². The van der Waals surface area contributed by atoms with Crippen LogP contribution in [0, 0.1) is 0 Å². The lowest BCUT2D eigenvalue weighted by atomic mass is 9.60. The molecular formula is C38H30B5N3. The lowest BCUT2D eigenvalue weighted by molar-refractivity contribution is 1.13. The third kappa shape index (κ3) is 4.28. The van der Waals surface area contributed by atoms with Crippen LogP contribution in [0.15, 0.2) is 122 Å². The van der Waals surface area contributed by atoms with Gasteiger partial charge in [0.15, 0.2) is 0 Å². The van der Waals surface area contributed by atoms with Crippen molar-refractivity contribution in [2.24, 2.45) is 0 Å². The molecule has 0 saturated carbocycles. The van der Waals surface area contributed by atoms with E-state index in [-0.39, 0.29) is 0 Å². The second-order valence-electron chi connectivity index (χ2n) is 12.4. The maximum Gasteiger partial charge on any atom is 0.144 e. The smallest absolute Gasteiger partial charge is 0.144 e. The number of para-hydroxylation sites is 2. The van der Waals surface area contributed by atoms with E-state index in [4.69, 9.17) is 4.98 Å². The van der Waals surface area contributed by atoms with Gasteiger partial charge in [0.05, 0.1) is 16.7 Å². The molecule has 6 aromatic carbocycles. The fraction of sp³-hybridized carbons (Fsp3) is 0. The van der Waals surface area contributed by atoms with Crippen LogP contribution in [0.5, 0.6) is 0 Å². The molecule has 8 heteroatoms. The van der Waals surface area contributed by atoms with E-state index >= 15 is 0 Å². The monoisotopic (exact) mass is 583 g/mol. The number of aromatic nitrogens is 3. The summed E-state index contributed by atoms with van der Waals surface area (Å²) in [7, 11) is 11.2. The summed E-state index contributed by atoms with van der Waals surface area (Å²) in [5, 5.41) is 4.83. The Kier molecular flexibility index (Phi) is 6.76. The summed E-state index contributed by atoms with van der Waals surface area (Å²) in [5.41, 5.74) is 15.8. The number of rotatable bonds is 4. The van der Waals surface area contributed by atoms with Crippen LogP contribution >= 0.6 is 0 Å². The predicted molar refractivity (Wildman–Crippen MR) is 211 cm³/mol. The zero-order valence-corrected chi connectivity index (χ0v) is 26.9. The van der Waals surface area contributed by atoms with Gasteiger partial charge in [-0.2, -0.15) is 0 Å². The van der Waals surface area contributed by atoms with Crippen molar-refractivity contribution in [3.05, 3.63) is 122 Å². The highest BCUT2D eigenvalue weighted by molar-refractivity contribution is 6.68. The fourth-order valence-electron chi connectivity index (χ4n) is 7.30. The summed E-state index contributed by atoms with van der Waals surface area (Å²) in [5.74, 6) is 0.990. The summed E-state index contributed by atoms with van der Waals surface area (Å²) in [6.07, 6.45) is 3.76. The number of nitrogens with zero attached hydrogens (tertiary/aromatic N) is 3. The van der Waals surface area contributed by atoms with Crippen LogP contribution in [0.2, 0.25) is 0 Å². The molecule has 0 bridgehead atoms. The Bertz CT molecular complexity index is 2400. The molecule has 0 saturated heterocycles. The third-order valence-electron chi connectivity index (χ3n) is 10.1. The molecular weight excluding hydrogens is 552 g/mol. The third-order valence-corrected chi connectivity index (χ3v) is 10.1. The standard InChI is InChI=1S/C38H30B5N3/c39-32-31(33(40)35(42)36(43)34(32)41)38-45-28-16-5-6-17-29(28)46(38)37-26-14-3-1-12-24(26)30(25-13-2-4-15-27(25)37)22-10-7-9-21(19-22)23-11-8-18-44-20-23/h1-20H,39-43H2. The van der Waals surface area contributed by atoms with Crippen LogP contribution in [0.4, 0.5) is 0 Å². The second-order valence-corrected chi connectivity index (χ2v) is 12.4. The zero-order valence-electron chi connectivity index (χ0n) is 26.9. The number of benzene rings is 6. The van der Waals surface area contributed by atoms with Gasteiger partial charge in [-0.3, -0.25) is 9.55 Å². The Balaban J connectivity index is 1.51. The number of fused-ring (bicyclic) bond motifs is 3. The molecule has 8 rings (SSSR count). The molecule has 0 radical (unpaired) electrons. The van der Waals surface area contributed by atoms with E-state index in [9.17, 15) is 0 Å². The first-order valence-electron chi connectivity index (χ1n) is 15.9. The maximum atomic E-state index is 5.39. The molecule has 0 aliphatic carbocycles. The molecule has 0 N–H and O–H groups in total. The van der Waals surface area contributed by atoms with Crippen LogP contribution in [-0.4, -0.2) is 53.8 Å². The maximum absolute atomic E-state index is 5.39. The molecule has 0 aliphatic rings. The van der Waals surface area contributed by atoms with Gasteiger partial charge < -0.3 is 0 Å². The van der Waals surface area contributed by atoms with E-state index < -0.39 is 0 Å². The minimum atomic E-state index is 0.990. The highest BCUT2D eigenvalue weighted by Gasteiger charge is 2.24. The fourth-order valence-corrected chi connectivity index (χ4v) is 7.30. The first kappa shape index (κ1) is 28.3. The molecule has 46 heavy (non-hydrogen) atoms. The molecule has 0 unspecified atom stereocenters. The van der Waals surface area contributed by atoms with Crippen molar-refractivity contribution in [3.8, 4) is 39.3 Å². The van der Waals surface area contributed by atoms with E-state index in [1.54, 1.807) is 0 Å². The predicted octanol–water partition coefficient (Wildman–Crippen LogP) is 1.02. The number of hydrogen-bond acceptors (Lipinski definition) is 2. The number of pyridine rings is 1. The summed E-state index contributed by atoms with van der Waals surface area (Å²) >= 11 is 0. The van der Waals surface area contributed by atoms with Crippen LogP contribution < -0.4 is 27.3 Å². The lowest BCUT2D eigenvalue weighted by Gasteiger charge is -2.23. The van der Waals surface area contributed by atoms with Gasteiger partial charge in [0.2, 0.25) is 0 Å². The quantitative estimate of drug-likeness (QED) is 0.229. The molecule has 0 fully saturated rings. The Morgan fingerprint density at radius 3 is 1.70 bits per heavy atom. The van der Waals surface area contributed by atoms with E-state index in [0.717, 1.165) is 33.7 Å². The van der Waals surface area contributed by atoms with Crippen molar-refractivity contribution in [2.75, 3.05) is 0 Å². The summed E-state index contributed by atoms with van der Waals surface area (Å²) in [4.78, 5) is 9.77. The van der Waals surface area contributed by atoms with Crippen LogP contribution in [0.1, 0.15) is 0 Å². The van der Waals surface area contributed by atoms with E-state index in [1.165, 1.54) is 65.5 Å². The Morgan fingerprint density at radius 1 is 0.478 bits per heavy atom. The Labute approximate surface area is 273 Å². The molecule has 8 aromatic rings. The SMILES string of the molecule is Bc1c(B)c(B)c(-c2nc3ccccc3n2-c2c3ccccc3c(-c3cccc(-c4cccnc4)c3)c3ccccc23)c(B)c1B. The van der Waals surface area contributed by atoms with E-state index in [2.05, 4.69) is 152 Å². The molecule has 3 nitrogen and oxygen atoms in total. The van der Waals surface area contributed by atoms with Gasteiger partial charge in [0, 0.05) is 34.3 Å². The minimum Gasteiger partial charge on any atom is -0.291 e. The van der Waals surface area contributed by atoms with Crippen LogP contribution in [-0.2, 0) is 0 Å². The number of hydrogen-bond donors (Lipinski definition) is 0. The van der Waals surface area contributed by atoms with Gasteiger partial charge in [0.25, 0.3) is 0 Å². The molecule has 0 amide bonds. The van der Waals surface area contributed by atoms with Gasteiger partial charge in [-0.05, 0) is 51.7 Å². The van der Waals surface area contributed by atoms with E-state index in [0.29, 0.717) is 0 Å². The van der Waals surface area contributed by atoms with Gasteiger partial charge >= 0.3 is 0 Å². The first-order valence-corrected chi connectivity index (χ1v) is 15.9. The highest BCUT2D eigenvalue weighted by atomic mass is 15.1. The second kappa shape index (κ2) is 11.0. The molecule has 212 valence electrons. The molecule has 0 aliphatic heterocycles. The first-order chi connectivity index (χ1) is 22.4. The van der Waals surface area contributed by atoms with Crippen molar-refractivity contribution in [1.29, 1.82) is 0 Å². The summed E-state index contributed by atoms with van der Waals surface area (Å²) < 4.78 is 2.43. The molecule has 2 aromatic heterocycles. The van der Waals surface area contributed by atoms with Crippen molar-refractivity contribution in [2.45, 2.75) is 0 Å². The average Bonchev–Trinajstić information content (AvgIpc) is 3.47. The van der Waals surface area contributed by atoms with Gasteiger partial charge in [-0.25, -0.2) is 4.98 Å². The summed E-state index contributed by atoms with van der Waals surface area (Å²) in [6.45, 7) is 0. The Morgan fingerprint density at radius 2 is 1.04 bits per heavy atom. The molecule has 0 atom stereocenters. The van der Waals surface area contributed by atoms with Crippen LogP contribution in [0.25, 0.3) is 71.9 Å².